The van der Waals surface area contributed by atoms with Crippen molar-refractivity contribution in [2.45, 2.75) is 13.5 Å². The Morgan fingerprint density at radius 2 is 1.96 bits per heavy atom. The summed E-state index contributed by atoms with van der Waals surface area (Å²) in [5, 5.41) is 3.76. The van der Waals surface area contributed by atoms with E-state index in [1.807, 2.05) is 19.1 Å². The fourth-order valence-electron chi connectivity index (χ4n) is 2.26. The van der Waals surface area contributed by atoms with Crippen molar-refractivity contribution in [1.29, 1.82) is 0 Å². The van der Waals surface area contributed by atoms with Crippen molar-refractivity contribution in [3.63, 3.8) is 0 Å². The number of nitrogens with one attached hydrogen (secondary N) is 1. The third-order valence-electron chi connectivity index (χ3n) is 3.68. The fourth-order valence-corrected chi connectivity index (χ4v) is 3.25. The van der Waals surface area contributed by atoms with Gasteiger partial charge in [0, 0.05) is 22.8 Å². The fraction of sp³-hybridized carbons (Fsp3) is 0.211. The van der Waals surface area contributed by atoms with E-state index in [2.05, 4.69) is 15.3 Å². The first-order chi connectivity index (χ1) is 12.7. The zero-order chi connectivity index (χ0) is 18.4. The van der Waals surface area contributed by atoms with Crippen LogP contribution in [-0.2, 0) is 11.3 Å². The minimum Gasteiger partial charge on any atom is -0.497 e. The average molecular weight is 369 g/mol. The normalized spacial score (nSPS) is 10.4. The van der Waals surface area contributed by atoms with E-state index in [0.717, 1.165) is 26.9 Å². The second kappa shape index (κ2) is 8.44. The van der Waals surface area contributed by atoms with Gasteiger partial charge in [-0.05, 0) is 43.3 Å². The summed E-state index contributed by atoms with van der Waals surface area (Å²) in [6.07, 6.45) is 3.51. The number of carbonyl (C=O) groups excluding carboxylic acids is 1. The minimum atomic E-state index is -0.184. The van der Waals surface area contributed by atoms with Gasteiger partial charge in [0.25, 0.3) is 5.91 Å². The van der Waals surface area contributed by atoms with Crippen molar-refractivity contribution >= 4 is 17.2 Å². The minimum absolute atomic E-state index is 0.0420. The molecule has 1 amide bonds. The first-order valence-corrected chi connectivity index (χ1v) is 8.87. The number of hydrogen-bond acceptors (Lipinski definition) is 6. The van der Waals surface area contributed by atoms with Crippen molar-refractivity contribution < 1.29 is 14.3 Å². The predicted molar refractivity (Wildman–Crippen MR) is 100 cm³/mol. The summed E-state index contributed by atoms with van der Waals surface area (Å²) in [4.78, 5) is 21.7. The summed E-state index contributed by atoms with van der Waals surface area (Å²) in [5.74, 6) is 1.18. The summed E-state index contributed by atoms with van der Waals surface area (Å²) in [5.41, 5.74) is 1.88. The number of aromatic nitrogens is 2. The molecule has 0 aliphatic heterocycles. The van der Waals surface area contributed by atoms with Crippen LogP contribution in [0, 0.1) is 6.92 Å². The summed E-state index contributed by atoms with van der Waals surface area (Å²) in [6.45, 7) is 2.32. The monoisotopic (exact) mass is 369 g/mol. The van der Waals surface area contributed by atoms with Crippen molar-refractivity contribution in [2.24, 2.45) is 0 Å². The van der Waals surface area contributed by atoms with Gasteiger partial charge in [-0.25, -0.2) is 4.98 Å². The van der Waals surface area contributed by atoms with E-state index in [1.165, 1.54) is 0 Å². The smallest absolute Gasteiger partial charge is 0.258 e. The van der Waals surface area contributed by atoms with Gasteiger partial charge in [0.1, 0.15) is 16.5 Å². The van der Waals surface area contributed by atoms with Crippen LogP contribution in [-0.4, -0.2) is 29.6 Å². The number of nitrogens with zero attached hydrogens (tertiary/aromatic N) is 2. The number of amides is 1. The number of hydrogen-bond donors (Lipinski definition) is 1. The Labute approximate surface area is 155 Å². The van der Waals surface area contributed by atoms with Crippen LogP contribution in [0.4, 0.5) is 0 Å². The molecule has 3 rings (SSSR count). The lowest BCUT2D eigenvalue weighted by atomic mass is 10.3. The van der Waals surface area contributed by atoms with E-state index >= 15 is 0 Å². The standard InChI is InChI=1S/C19H19N3O3S/c1-13-17(26-19(22-13)14-4-3-9-20-10-14)11-21-18(23)12-25-16-7-5-15(24-2)6-8-16/h3-10H,11-12H2,1-2H3,(H,21,23). The highest BCUT2D eigenvalue weighted by Crippen LogP contribution is 2.27. The molecule has 3 aromatic rings. The quantitative estimate of drug-likeness (QED) is 0.692. The molecule has 7 heteroatoms. The molecule has 2 aromatic heterocycles. The van der Waals surface area contributed by atoms with Crippen LogP contribution in [0.25, 0.3) is 10.6 Å². The Balaban J connectivity index is 1.52. The Bertz CT molecular complexity index is 863. The van der Waals surface area contributed by atoms with Gasteiger partial charge in [0.15, 0.2) is 6.61 Å². The number of aryl methyl sites for hydroxylation is 1. The first kappa shape index (κ1) is 17.9. The molecule has 0 fully saturated rings. The molecule has 0 spiro atoms. The van der Waals surface area contributed by atoms with Gasteiger partial charge in [0.05, 0.1) is 19.3 Å². The van der Waals surface area contributed by atoms with Crippen molar-refractivity contribution in [1.82, 2.24) is 15.3 Å². The Morgan fingerprint density at radius 1 is 1.19 bits per heavy atom. The van der Waals surface area contributed by atoms with Crippen molar-refractivity contribution in [2.75, 3.05) is 13.7 Å². The Kier molecular flexibility index (Phi) is 5.80. The molecule has 0 aliphatic carbocycles. The summed E-state index contributed by atoms with van der Waals surface area (Å²) >= 11 is 1.55. The van der Waals surface area contributed by atoms with Gasteiger partial charge in [0.2, 0.25) is 0 Å². The third-order valence-corrected chi connectivity index (χ3v) is 4.88. The number of thiazole rings is 1. The van der Waals surface area contributed by atoms with Crippen LogP contribution in [0.1, 0.15) is 10.6 Å². The van der Waals surface area contributed by atoms with Gasteiger partial charge in [-0.2, -0.15) is 0 Å². The number of ether oxygens (including phenoxy) is 2. The molecule has 26 heavy (non-hydrogen) atoms. The van der Waals surface area contributed by atoms with Crippen LogP contribution in [0.15, 0.2) is 48.8 Å². The van der Waals surface area contributed by atoms with Crippen LogP contribution in [0.3, 0.4) is 0 Å². The highest BCUT2D eigenvalue weighted by Gasteiger charge is 2.11. The van der Waals surface area contributed by atoms with Gasteiger partial charge < -0.3 is 14.8 Å². The average Bonchev–Trinajstić information content (AvgIpc) is 3.06. The van der Waals surface area contributed by atoms with Crippen molar-refractivity contribution in [3.8, 4) is 22.1 Å². The topological polar surface area (TPSA) is 73.3 Å². The van der Waals surface area contributed by atoms with Crippen LogP contribution in [0.2, 0.25) is 0 Å². The third kappa shape index (κ3) is 4.58. The number of methoxy groups -OCH3 is 1. The highest BCUT2D eigenvalue weighted by atomic mass is 32.1. The van der Waals surface area contributed by atoms with Gasteiger partial charge in [-0.15, -0.1) is 11.3 Å². The Hall–Kier alpha value is -2.93. The molecule has 0 aliphatic rings. The second-order valence-corrected chi connectivity index (χ2v) is 6.59. The van der Waals surface area contributed by atoms with E-state index in [-0.39, 0.29) is 12.5 Å². The maximum Gasteiger partial charge on any atom is 0.258 e. The molecule has 134 valence electrons. The lowest BCUT2D eigenvalue weighted by Crippen LogP contribution is -2.28. The molecule has 6 nitrogen and oxygen atoms in total. The maximum atomic E-state index is 12.0. The van der Waals surface area contributed by atoms with E-state index in [0.29, 0.717) is 12.3 Å². The lowest BCUT2D eigenvalue weighted by molar-refractivity contribution is -0.123. The van der Waals surface area contributed by atoms with Crippen LogP contribution >= 0.6 is 11.3 Å². The van der Waals surface area contributed by atoms with Crippen molar-refractivity contribution in [3.05, 3.63) is 59.4 Å². The van der Waals surface area contributed by atoms with E-state index in [4.69, 9.17) is 9.47 Å². The second-order valence-electron chi connectivity index (χ2n) is 5.51. The molecule has 0 unspecified atom stereocenters. The zero-order valence-corrected chi connectivity index (χ0v) is 15.4. The molecule has 0 saturated heterocycles. The highest BCUT2D eigenvalue weighted by molar-refractivity contribution is 7.15. The predicted octanol–water partition coefficient (Wildman–Crippen LogP) is 3.22. The van der Waals surface area contributed by atoms with E-state index in [1.54, 1.807) is 55.1 Å². The number of carbonyl (C=O) groups is 1. The molecular formula is C19H19N3O3S. The summed E-state index contributed by atoms with van der Waals surface area (Å²) in [6, 6.07) is 10.9. The molecule has 0 bridgehead atoms. The maximum absolute atomic E-state index is 12.0. The summed E-state index contributed by atoms with van der Waals surface area (Å²) < 4.78 is 10.6. The van der Waals surface area contributed by atoms with Crippen LogP contribution in [0.5, 0.6) is 11.5 Å². The van der Waals surface area contributed by atoms with Gasteiger partial charge >= 0.3 is 0 Å². The molecule has 0 atom stereocenters. The number of benzene rings is 1. The Morgan fingerprint density at radius 3 is 2.65 bits per heavy atom. The SMILES string of the molecule is COc1ccc(OCC(=O)NCc2sc(-c3cccnc3)nc2C)cc1. The molecule has 1 N–H and O–H groups in total. The molecule has 1 aromatic carbocycles. The first-order valence-electron chi connectivity index (χ1n) is 8.06. The van der Waals surface area contributed by atoms with E-state index < -0.39 is 0 Å². The van der Waals surface area contributed by atoms with Gasteiger partial charge in [-0.3, -0.25) is 9.78 Å². The van der Waals surface area contributed by atoms with Crippen LogP contribution < -0.4 is 14.8 Å². The molecule has 2 heterocycles. The zero-order valence-electron chi connectivity index (χ0n) is 14.6. The molecule has 0 saturated carbocycles. The largest absolute Gasteiger partial charge is 0.497 e. The number of rotatable bonds is 7. The number of pyridine rings is 1. The lowest BCUT2D eigenvalue weighted by Gasteiger charge is -2.07. The molecular weight excluding hydrogens is 350 g/mol. The summed E-state index contributed by atoms with van der Waals surface area (Å²) in [7, 11) is 1.60. The van der Waals surface area contributed by atoms with E-state index in [9.17, 15) is 4.79 Å². The van der Waals surface area contributed by atoms with Gasteiger partial charge in [-0.1, -0.05) is 0 Å². The molecule has 0 radical (unpaired) electrons.